The average molecular weight is 230 g/mol. The van der Waals surface area contributed by atoms with E-state index < -0.39 is 0 Å². The van der Waals surface area contributed by atoms with Gasteiger partial charge in [-0.2, -0.15) is 0 Å². The van der Waals surface area contributed by atoms with Crippen LogP contribution in [0.4, 0.5) is 4.39 Å². The van der Waals surface area contributed by atoms with Crippen LogP contribution in [0, 0.1) is 5.82 Å². The number of halogens is 1. The summed E-state index contributed by atoms with van der Waals surface area (Å²) >= 11 is 0. The van der Waals surface area contributed by atoms with Gasteiger partial charge in [0.15, 0.2) is 0 Å². The van der Waals surface area contributed by atoms with Gasteiger partial charge in [-0.15, -0.1) is 0 Å². The van der Waals surface area contributed by atoms with Crippen LogP contribution in [0.3, 0.4) is 0 Å². The summed E-state index contributed by atoms with van der Waals surface area (Å²) in [6.07, 6.45) is 5.94. The fourth-order valence-electron chi connectivity index (χ4n) is 2.11. The Balaban J connectivity index is 1.86. The second-order valence-electron chi connectivity index (χ2n) is 5.02. The molecule has 0 aliphatic heterocycles. The largest absolute Gasteiger partial charge is 0.325 e. The highest BCUT2D eigenvalue weighted by Crippen LogP contribution is 2.36. The third-order valence-corrected chi connectivity index (χ3v) is 3.52. The molecule has 1 aliphatic carbocycles. The van der Waals surface area contributed by atoms with Gasteiger partial charge in [-0.25, -0.2) is 4.39 Å². The molecule has 3 rings (SSSR count). The van der Waals surface area contributed by atoms with Gasteiger partial charge in [0.05, 0.1) is 0 Å². The van der Waals surface area contributed by atoms with Gasteiger partial charge in [-0.1, -0.05) is 12.1 Å². The lowest BCUT2D eigenvalue weighted by Crippen LogP contribution is -2.22. The van der Waals surface area contributed by atoms with Crippen LogP contribution in [-0.4, -0.2) is 10.5 Å². The van der Waals surface area contributed by atoms with E-state index in [4.69, 9.17) is 5.73 Å². The number of aromatic nitrogens is 1. The lowest BCUT2D eigenvalue weighted by molar-refractivity contribution is 0.608. The molecular formula is C14H15FN2. The topological polar surface area (TPSA) is 38.9 Å². The minimum atomic E-state index is -0.258. The lowest BCUT2D eigenvalue weighted by atomic mass is 10.0. The molecule has 1 fully saturated rings. The number of rotatable bonds is 3. The number of para-hydroxylation sites is 1. The van der Waals surface area contributed by atoms with E-state index >= 15 is 0 Å². The summed E-state index contributed by atoms with van der Waals surface area (Å²) in [6.45, 7) is 0. The van der Waals surface area contributed by atoms with Crippen molar-refractivity contribution < 1.29 is 4.39 Å². The Morgan fingerprint density at radius 2 is 2.18 bits per heavy atom. The summed E-state index contributed by atoms with van der Waals surface area (Å²) < 4.78 is 13.4. The first kappa shape index (κ1) is 10.7. The summed E-state index contributed by atoms with van der Waals surface area (Å²) in [5.74, 6) is -0.258. The van der Waals surface area contributed by atoms with Crippen molar-refractivity contribution in [2.45, 2.75) is 31.2 Å². The molecule has 2 aromatic rings. The van der Waals surface area contributed by atoms with E-state index in [-0.39, 0.29) is 11.4 Å². The third kappa shape index (κ3) is 2.15. The van der Waals surface area contributed by atoms with Gasteiger partial charge < -0.3 is 5.73 Å². The molecule has 3 heteroatoms. The number of hydrogen-bond donors (Lipinski definition) is 1. The maximum Gasteiger partial charge on any atom is 0.149 e. The predicted molar refractivity (Wildman–Crippen MR) is 66.2 cm³/mol. The van der Waals surface area contributed by atoms with Crippen molar-refractivity contribution >= 4 is 10.9 Å². The maximum absolute atomic E-state index is 13.4. The number of hydrogen-bond acceptors (Lipinski definition) is 2. The standard InChI is InChI=1S/C14H15FN2/c15-12-3-1-2-11-8-10(9-17-13(11)12)4-5-14(16)6-7-14/h1-3,8-9H,4-7,16H2. The molecular weight excluding hydrogens is 215 g/mol. The average Bonchev–Trinajstić information content (AvgIpc) is 3.06. The van der Waals surface area contributed by atoms with E-state index in [1.54, 1.807) is 12.3 Å². The number of pyridine rings is 1. The van der Waals surface area contributed by atoms with Crippen molar-refractivity contribution in [1.82, 2.24) is 4.98 Å². The highest BCUT2D eigenvalue weighted by atomic mass is 19.1. The van der Waals surface area contributed by atoms with E-state index in [9.17, 15) is 4.39 Å². The number of nitrogens with zero attached hydrogens (tertiary/aromatic N) is 1. The van der Waals surface area contributed by atoms with Gasteiger partial charge >= 0.3 is 0 Å². The van der Waals surface area contributed by atoms with Crippen molar-refractivity contribution in [3.63, 3.8) is 0 Å². The number of nitrogens with two attached hydrogens (primary N) is 1. The Hall–Kier alpha value is -1.48. The minimum Gasteiger partial charge on any atom is -0.325 e. The van der Waals surface area contributed by atoms with Gasteiger partial charge in [-0.05, 0) is 43.4 Å². The van der Waals surface area contributed by atoms with Gasteiger partial charge in [0.1, 0.15) is 11.3 Å². The summed E-state index contributed by atoms with van der Waals surface area (Å²) in [7, 11) is 0. The minimum absolute atomic E-state index is 0.0664. The zero-order chi connectivity index (χ0) is 11.9. The van der Waals surface area contributed by atoms with Crippen LogP contribution < -0.4 is 5.73 Å². The molecule has 1 aromatic carbocycles. The van der Waals surface area contributed by atoms with Crippen LogP contribution in [-0.2, 0) is 6.42 Å². The fourth-order valence-corrected chi connectivity index (χ4v) is 2.11. The van der Waals surface area contributed by atoms with Crippen LogP contribution in [0.5, 0.6) is 0 Å². The number of benzene rings is 1. The summed E-state index contributed by atoms with van der Waals surface area (Å²) in [4.78, 5) is 4.19. The molecule has 0 spiro atoms. The van der Waals surface area contributed by atoms with E-state index in [1.165, 1.54) is 6.07 Å². The van der Waals surface area contributed by atoms with Gasteiger partial charge in [-0.3, -0.25) is 4.98 Å². The predicted octanol–water partition coefficient (Wildman–Crippen LogP) is 2.80. The van der Waals surface area contributed by atoms with Crippen molar-refractivity contribution in [2.24, 2.45) is 5.73 Å². The molecule has 2 N–H and O–H groups in total. The van der Waals surface area contributed by atoms with Crippen molar-refractivity contribution in [3.05, 3.63) is 41.8 Å². The van der Waals surface area contributed by atoms with Crippen LogP contribution in [0.15, 0.2) is 30.5 Å². The molecule has 1 aliphatic rings. The van der Waals surface area contributed by atoms with Crippen LogP contribution >= 0.6 is 0 Å². The Labute approximate surface area is 99.7 Å². The van der Waals surface area contributed by atoms with Gasteiger partial charge in [0.25, 0.3) is 0 Å². The molecule has 1 aromatic heterocycles. The van der Waals surface area contributed by atoms with Gasteiger partial charge in [0.2, 0.25) is 0 Å². The number of aryl methyl sites for hydroxylation is 1. The molecule has 0 saturated heterocycles. The molecule has 0 bridgehead atoms. The first-order chi connectivity index (χ1) is 8.16. The van der Waals surface area contributed by atoms with Crippen molar-refractivity contribution in [3.8, 4) is 0 Å². The Kier molecular flexibility index (Phi) is 2.37. The second-order valence-corrected chi connectivity index (χ2v) is 5.02. The van der Waals surface area contributed by atoms with E-state index in [1.807, 2.05) is 12.1 Å². The normalized spacial score (nSPS) is 17.3. The molecule has 0 radical (unpaired) electrons. The number of fused-ring (bicyclic) bond motifs is 1. The third-order valence-electron chi connectivity index (χ3n) is 3.52. The molecule has 0 unspecified atom stereocenters. The zero-order valence-corrected chi connectivity index (χ0v) is 9.62. The summed E-state index contributed by atoms with van der Waals surface area (Å²) in [6, 6.07) is 7.06. The van der Waals surface area contributed by atoms with Crippen molar-refractivity contribution in [2.75, 3.05) is 0 Å². The summed E-state index contributed by atoms with van der Waals surface area (Å²) in [5.41, 5.74) is 7.71. The molecule has 0 amide bonds. The Morgan fingerprint density at radius 3 is 2.94 bits per heavy atom. The van der Waals surface area contributed by atoms with E-state index in [0.29, 0.717) is 5.52 Å². The highest BCUT2D eigenvalue weighted by Gasteiger charge is 2.37. The van der Waals surface area contributed by atoms with E-state index in [2.05, 4.69) is 4.98 Å². The highest BCUT2D eigenvalue weighted by molar-refractivity contribution is 5.79. The van der Waals surface area contributed by atoms with Crippen LogP contribution in [0.25, 0.3) is 10.9 Å². The molecule has 17 heavy (non-hydrogen) atoms. The molecule has 1 saturated carbocycles. The van der Waals surface area contributed by atoms with Gasteiger partial charge in [0, 0.05) is 17.1 Å². The van der Waals surface area contributed by atoms with E-state index in [0.717, 1.165) is 36.6 Å². The Morgan fingerprint density at radius 1 is 1.35 bits per heavy atom. The SMILES string of the molecule is NC1(CCc2cnc3c(F)cccc3c2)CC1. The molecule has 0 atom stereocenters. The first-order valence-electron chi connectivity index (χ1n) is 5.98. The smallest absolute Gasteiger partial charge is 0.149 e. The lowest BCUT2D eigenvalue weighted by Gasteiger charge is -2.08. The zero-order valence-electron chi connectivity index (χ0n) is 9.62. The Bertz CT molecular complexity index is 561. The second kappa shape index (κ2) is 3.77. The quantitative estimate of drug-likeness (QED) is 0.880. The molecule has 1 heterocycles. The fraction of sp³-hybridized carbons (Fsp3) is 0.357. The van der Waals surface area contributed by atoms with Crippen LogP contribution in [0.1, 0.15) is 24.8 Å². The molecule has 88 valence electrons. The van der Waals surface area contributed by atoms with Crippen LogP contribution in [0.2, 0.25) is 0 Å². The summed E-state index contributed by atoms with van der Waals surface area (Å²) in [5, 5.41) is 0.865. The maximum atomic E-state index is 13.4. The monoisotopic (exact) mass is 230 g/mol. The van der Waals surface area contributed by atoms with Crippen molar-refractivity contribution in [1.29, 1.82) is 0 Å². The molecule has 2 nitrogen and oxygen atoms in total. The first-order valence-corrected chi connectivity index (χ1v) is 5.98.